The standard InChI is InChI=1S/C15H13BrN2OS/c16-14-7-6-13(20-14)10-18-15(19)8-5-11-1-3-12(9-17)4-2-11/h1-4,6-7H,5,8,10H2,(H,18,19). The van der Waals surface area contributed by atoms with E-state index in [9.17, 15) is 4.79 Å². The van der Waals surface area contributed by atoms with Crippen LogP contribution in [-0.4, -0.2) is 5.91 Å². The molecule has 3 nitrogen and oxygen atoms in total. The van der Waals surface area contributed by atoms with Crippen molar-refractivity contribution in [1.29, 1.82) is 5.26 Å². The molecule has 5 heteroatoms. The van der Waals surface area contributed by atoms with E-state index in [-0.39, 0.29) is 5.91 Å². The molecule has 1 N–H and O–H groups in total. The maximum atomic E-state index is 11.7. The van der Waals surface area contributed by atoms with Crippen LogP contribution in [0.3, 0.4) is 0 Å². The van der Waals surface area contributed by atoms with Crippen molar-refractivity contribution in [3.05, 3.63) is 56.2 Å². The zero-order chi connectivity index (χ0) is 14.4. The molecule has 0 atom stereocenters. The van der Waals surface area contributed by atoms with Gasteiger partial charge in [-0.15, -0.1) is 11.3 Å². The van der Waals surface area contributed by atoms with E-state index >= 15 is 0 Å². The number of nitrogens with zero attached hydrogens (tertiary/aromatic N) is 1. The molecule has 1 aromatic carbocycles. The van der Waals surface area contributed by atoms with Crippen molar-refractivity contribution >= 4 is 33.2 Å². The fourth-order valence-corrected chi connectivity index (χ4v) is 3.15. The van der Waals surface area contributed by atoms with Crippen molar-refractivity contribution < 1.29 is 4.79 Å². The van der Waals surface area contributed by atoms with Gasteiger partial charge in [-0.1, -0.05) is 12.1 Å². The van der Waals surface area contributed by atoms with Crippen LogP contribution in [0.5, 0.6) is 0 Å². The van der Waals surface area contributed by atoms with Crippen LogP contribution in [0.2, 0.25) is 0 Å². The number of hydrogen-bond donors (Lipinski definition) is 1. The van der Waals surface area contributed by atoms with Crippen molar-refractivity contribution in [3.63, 3.8) is 0 Å². The topological polar surface area (TPSA) is 52.9 Å². The highest BCUT2D eigenvalue weighted by Crippen LogP contribution is 2.21. The molecule has 20 heavy (non-hydrogen) atoms. The minimum absolute atomic E-state index is 0.0406. The lowest BCUT2D eigenvalue weighted by molar-refractivity contribution is -0.121. The molecular weight excluding hydrogens is 336 g/mol. The van der Waals surface area contributed by atoms with E-state index in [4.69, 9.17) is 5.26 Å². The molecule has 1 amide bonds. The van der Waals surface area contributed by atoms with Gasteiger partial charge in [0.1, 0.15) is 0 Å². The molecule has 0 fully saturated rings. The average Bonchev–Trinajstić information content (AvgIpc) is 2.89. The Morgan fingerprint density at radius 3 is 2.60 bits per heavy atom. The number of hydrogen-bond acceptors (Lipinski definition) is 3. The minimum Gasteiger partial charge on any atom is -0.351 e. The number of aryl methyl sites for hydroxylation is 1. The van der Waals surface area contributed by atoms with E-state index < -0.39 is 0 Å². The molecule has 0 saturated carbocycles. The average molecular weight is 349 g/mol. The number of carbonyl (C=O) groups is 1. The van der Waals surface area contributed by atoms with Gasteiger partial charge in [0.05, 0.1) is 22.0 Å². The molecule has 1 aromatic heterocycles. The second-order valence-electron chi connectivity index (χ2n) is 4.29. The van der Waals surface area contributed by atoms with E-state index in [1.807, 2.05) is 24.3 Å². The van der Waals surface area contributed by atoms with Gasteiger partial charge in [0.25, 0.3) is 0 Å². The van der Waals surface area contributed by atoms with Gasteiger partial charge in [-0.05, 0) is 52.2 Å². The van der Waals surface area contributed by atoms with Gasteiger partial charge in [-0.2, -0.15) is 5.26 Å². The molecule has 0 aliphatic heterocycles. The molecule has 0 saturated heterocycles. The third-order valence-corrected chi connectivity index (χ3v) is 4.44. The fourth-order valence-electron chi connectivity index (χ4n) is 1.72. The van der Waals surface area contributed by atoms with Gasteiger partial charge < -0.3 is 5.32 Å². The first-order valence-corrected chi connectivity index (χ1v) is 7.78. The van der Waals surface area contributed by atoms with Gasteiger partial charge >= 0.3 is 0 Å². The molecule has 0 radical (unpaired) electrons. The second-order valence-corrected chi connectivity index (χ2v) is 6.84. The molecular formula is C15H13BrN2OS. The van der Waals surface area contributed by atoms with E-state index in [1.165, 1.54) is 0 Å². The molecule has 1 heterocycles. The zero-order valence-corrected chi connectivity index (χ0v) is 13.1. The summed E-state index contributed by atoms with van der Waals surface area (Å²) in [7, 11) is 0. The predicted octanol–water partition coefficient (Wildman–Crippen LogP) is 3.63. The van der Waals surface area contributed by atoms with Crippen LogP contribution >= 0.6 is 27.3 Å². The summed E-state index contributed by atoms with van der Waals surface area (Å²) >= 11 is 5.01. The summed E-state index contributed by atoms with van der Waals surface area (Å²) in [6.07, 6.45) is 1.14. The van der Waals surface area contributed by atoms with Gasteiger partial charge in [0, 0.05) is 11.3 Å². The van der Waals surface area contributed by atoms with Crippen LogP contribution in [0.4, 0.5) is 0 Å². The van der Waals surface area contributed by atoms with Crippen molar-refractivity contribution in [2.24, 2.45) is 0 Å². The lowest BCUT2D eigenvalue weighted by Crippen LogP contribution is -2.22. The summed E-state index contributed by atoms with van der Waals surface area (Å²) in [4.78, 5) is 12.9. The smallest absolute Gasteiger partial charge is 0.220 e. The first kappa shape index (κ1) is 14.8. The molecule has 2 rings (SSSR count). The molecule has 0 aliphatic carbocycles. The van der Waals surface area contributed by atoms with Gasteiger partial charge in [-0.25, -0.2) is 0 Å². The Hall–Kier alpha value is -1.64. The molecule has 0 unspecified atom stereocenters. The largest absolute Gasteiger partial charge is 0.351 e. The van der Waals surface area contributed by atoms with Crippen LogP contribution < -0.4 is 5.32 Å². The Morgan fingerprint density at radius 1 is 1.25 bits per heavy atom. The normalized spacial score (nSPS) is 10.0. The van der Waals surface area contributed by atoms with Gasteiger partial charge in [0.2, 0.25) is 5.91 Å². The number of carbonyl (C=O) groups excluding carboxylic acids is 1. The monoisotopic (exact) mass is 348 g/mol. The first-order valence-electron chi connectivity index (χ1n) is 6.17. The molecule has 0 aliphatic rings. The summed E-state index contributed by atoms with van der Waals surface area (Å²) < 4.78 is 1.07. The summed E-state index contributed by atoms with van der Waals surface area (Å²) in [6.45, 7) is 0.572. The van der Waals surface area contributed by atoms with Crippen LogP contribution in [0.25, 0.3) is 0 Å². The first-order chi connectivity index (χ1) is 9.67. The van der Waals surface area contributed by atoms with E-state index in [2.05, 4.69) is 27.3 Å². The fraction of sp³-hybridized carbons (Fsp3) is 0.200. The lowest BCUT2D eigenvalue weighted by Gasteiger charge is -2.04. The Bertz CT molecular complexity index is 628. The lowest BCUT2D eigenvalue weighted by atomic mass is 10.1. The number of nitrogens with one attached hydrogen (secondary N) is 1. The number of nitriles is 1. The second kappa shape index (κ2) is 7.22. The molecule has 2 aromatic rings. The third-order valence-electron chi connectivity index (χ3n) is 2.81. The summed E-state index contributed by atoms with van der Waals surface area (Å²) in [5, 5.41) is 11.6. The van der Waals surface area contributed by atoms with Gasteiger partial charge in [0.15, 0.2) is 0 Å². The van der Waals surface area contributed by atoms with Crippen molar-refractivity contribution in [2.45, 2.75) is 19.4 Å². The Balaban J connectivity index is 1.75. The number of rotatable bonds is 5. The quantitative estimate of drug-likeness (QED) is 0.896. The highest BCUT2D eigenvalue weighted by molar-refractivity contribution is 9.11. The highest BCUT2D eigenvalue weighted by Gasteiger charge is 2.04. The van der Waals surface area contributed by atoms with E-state index in [0.29, 0.717) is 24.9 Å². The molecule has 102 valence electrons. The Kier molecular flexibility index (Phi) is 5.33. The Labute approximate surface area is 130 Å². The summed E-state index contributed by atoms with van der Waals surface area (Å²) in [6, 6.07) is 13.4. The number of benzene rings is 1. The van der Waals surface area contributed by atoms with Crippen LogP contribution in [-0.2, 0) is 17.8 Å². The summed E-state index contributed by atoms with van der Waals surface area (Å²) in [5.41, 5.74) is 1.71. The third kappa shape index (κ3) is 4.48. The Morgan fingerprint density at radius 2 is 2.00 bits per heavy atom. The number of thiophene rings is 1. The molecule has 0 bridgehead atoms. The van der Waals surface area contributed by atoms with Crippen LogP contribution in [0.15, 0.2) is 40.2 Å². The van der Waals surface area contributed by atoms with Crippen LogP contribution in [0, 0.1) is 11.3 Å². The van der Waals surface area contributed by atoms with Crippen molar-refractivity contribution in [1.82, 2.24) is 5.32 Å². The maximum absolute atomic E-state index is 11.7. The SMILES string of the molecule is N#Cc1ccc(CCC(=O)NCc2ccc(Br)s2)cc1. The predicted molar refractivity (Wildman–Crippen MR) is 83.3 cm³/mol. The highest BCUT2D eigenvalue weighted by atomic mass is 79.9. The summed E-state index contributed by atoms with van der Waals surface area (Å²) in [5.74, 6) is 0.0406. The van der Waals surface area contributed by atoms with E-state index in [1.54, 1.807) is 23.5 Å². The minimum atomic E-state index is 0.0406. The van der Waals surface area contributed by atoms with Crippen molar-refractivity contribution in [2.75, 3.05) is 0 Å². The number of halogens is 1. The van der Waals surface area contributed by atoms with Gasteiger partial charge in [-0.3, -0.25) is 4.79 Å². The maximum Gasteiger partial charge on any atom is 0.220 e. The number of amides is 1. The van der Waals surface area contributed by atoms with Crippen molar-refractivity contribution in [3.8, 4) is 6.07 Å². The van der Waals surface area contributed by atoms with Crippen LogP contribution in [0.1, 0.15) is 22.4 Å². The van der Waals surface area contributed by atoms with E-state index in [0.717, 1.165) is 14.2 Å². The molecule has 0 spiro atoms. The zero-order valence-electron chi connectivity index (χ0n) is 10.7.